The number of hydrogen-bond acceptors (Lipinski definition) is 2. The van der Waals surface area contributed by atoms with Crippen molar-refractivity contribution in [3.63, 3.8) is 0 Å². The van der Waals surface area contributed by atoms with Gasteiger partial charge < -0.3 is 11.1 Å². The zero-order valence-corrected chi connectivity index (χ0v) is 7.39. The summed E-state index contributed by atoms with van der Waals surface area (Å²) in [6, 6.07) is 0. The van der Waals surface area contributed by atoms with E-state index in [9.17, 15) is 4.79 Å². The van der Waals surface area contributed by atoms with Crippen LogP contribution in [0.1, 0.15) is 26.7 Å². The van der Waals surface area contributed by atoms with E-state index in [0.29, 0.717) is 5.92 Å². The van der Waals surface area contributed by atoms with Crippen LogP contribution in [-0.2, 0) is 4.79 Å². The van der Waals surface area contributed by atoms with Gasteiger partial charge >= 0.3 is 0 Å². The number of amides is 1. The molecule has 11 heavy (non-hydrogen) atoms. The van der Waals surface area contributed by atoms with Crippen LogP contribution in [0.2, 0.25) is 0 Å². The van der Waals surface area contributed by atoms with Gasteiger partial charge in [0.2, 0.25) is 5.91 Å². The molecule has 0 aliphatic rings. The Balaban J connectivity index is 3.16. The number of hydrogen-bond donors (Lipinski definition) is 2. The van der Waals surface area contributed by atoms with Gasteiger partial charge in [-0.25, -0.2) is 0 Å². The molecule has 66 valence electrons. The molecule has 0 rings (SSSR count). The molecule has 0 bridgehead atoms. The molecule has 3 N–H and O–H groups in total. The van der Waals surface area contributed by atoms with E-state index in [1.165, 1.54) is 6.92 Å². The highest BCUT2D eigenvalue weighted by Crippen LogP contribution is 2.03. The van der Waals surface area contributed by atoms with Crippen molar-refractivity contribution in [1.82, 2.24) is 5.32 Å². The number of nitrogens with one attached hydrogen (secondary N) is 1. The Bertz CT molecular complexity index is 115. The molecule has 3 heteroatoms. The van der Waals surface area contributed by atoms with Gasteiger partial charge in [-0.2, -0.15) is 0 Å². The summed E-state index contributed by atoms with van der Waals surface area (Å²) in [6.07, 6.45) is 2.07. The summed E-state index contributed by atoms with van der Waals surface area (Å²) in [5.74, 6) is 0.664. The van der Waals surface area contributed by atoms with Crippen LogP contribution >= 0.6 is 0 Å². The van der Waals surface area contributed by atoms with Gasteiger partial charge in [0.15, 0.2) is 0 Å². The lowest BCUT2D eigenvalue weighted by Crippen LogP contribution is -2.22. The average molecular weight is 158 g/mol. The first kappa shape index (κ1) is 10.4. The molecule has 0 heterocycles. The minimum atomic E-state index is 0.0462. The molecule has 0 aliphatic heterocycles. The molecule has 1 atom stereocenters. The number of carbonyl (C=O) groups is 1. The highest BCUT2D eigenvalue weighted by atomic mass is 16.1. The van der Waals surface area contributed by atoms with Gasteiger partial charge in [-0.15, -0.1) is 0 Å². The van der Waals surface area contributed by atoms with E-state index < -0.39 is 0 Å². The lowest BCUT2D eigenvalue weighted by atomic mass is 10.0. The first-order chi connectivity index (χ1) is 5.16. The minimum absolute atomic E-state index is 0.0462. The van der Waals surface area contributed by atoms with Crippen molar-refractivity contribution in [2.24, 2.45) is 11.7 Å². The van der Waals surface area contributed by atoms with Crippen LogP contribution in [0.5, 0.6) is 0 Å². The molecule has 0 spiro atoms. The number of carbonyl (C=O) groups excluding carboxylic acids is 1. The fourth-order valence-electron chi connectivity index (χ4n) is 0.923. The molecule has 0 aromatic carbocycles. The zero-order valence-electron chi connectivity index (χ0n) is 7.39. The largest absolute Gasteiger partial charge is 0.356 e. The number of nitrogens with two attached hydrogens (primary N) is 1. The van der Waals surface area contributed by atoms with Gasteiger partial charge in [0.25, 0.3) is 0 Å². The predicted molar refractivity (Wildman–Crippen MR) is 46.1 cm³/mol. The fraction of sp³-hybridized carbons (Fsp3) is 0.875. The molecule has 0 aromatic rings. The van der Waals surface area contributed by atoms with E-state index in [0.717, 1.165) is 25.9 Å². The highest BCUT2D eigenvalue weighted by molar-refractivity contribution is 5.72. The summed E-state index contributed by atoms with van der Waals surface area (Å²) in [7, 11) is 0. The summed E-state index contributed by atoms with van der Waals surface area (Å²) in [6.45, 7) is 5.19. The van der Waals surface area contributed by atoms with Crippen LogP contribution in [-0.4, -0.2) is 19.0 Å². The topological polar surface area (TPSA) is 55.1 Å². The third kappa shape index (κ3) is 7.33. The van der Waals surface area contributed by atoms with Crippen LogP contribution in [0, 0.1) is 5.92 Å². The third-order valence-corrected chi connectivity index (χ3v) is 1.67. The second-order valence-corrected chi connectivity index (χ2v) is 2.95. The molecule has 0 saturated heterocycles. The molecule has 0 aliphatic carbocycles. The average Bonchev–Trinajstić information content (AvgIpc) is 1.87. The summed E-state index contributed by atoms with van der Waals surface area (Å²) in [5, 5.41) is 2.76. The maximum atomic E-state index is 10.4. The summed E-state index contributed by atoms with van der Waals surface area (Å²) < 4.78 is 0. The number of rotatable bonds is 5. The standard InChI is InChI=1S/C8H18N2O/c1-7(3-5-9)4-6-10-8(2)11/h7H,3-6,9H2,1-2H3,(H,10,11). The maximum absolute atomic E-state index is 10.4. The van der Waals surface area contributed by atoms with Crippen LogP contribution < -0.4 is 11.1 Å². The van der Waals surface area contributed by atoms with Gasteiger partial charge in [0, 0.05) is 13.5 Å². The van der Waals surface area contributed by atoms with Crippen molar-refractivity contribution in [2.45, 2.75) is 26.7 Å². The molecule has 0 radical (unpaired) electrons. The Morgan fingerprint density at radius 2 is 2.18 bits per heavy atom. The van der Waals surface area contributed by atoms with Crippen molar-refractivity contribution < 1.29 is 4.79 Å². The smallest absolute Gasteiger partial charge is 0.216 e. The summed E-state index contributed by atoms with van der Waals surface area (Å²) >= 11 is 0. The van der Waals surface area contributed by atoms with E-state index in [-0.39, 0.29) is 5.91 Å². The van der Waals surface area contributed by atoms with E-state index in [1.807, 2.05) is 0 Å². The highest BCUT2D eigenvalue weighted by Gasteiger charge is 1.99. The van der Waals surface area contributed by atoms with Crippen LogP contribution in [0.25, 0.3) is 0 Å². The minimum Gasteiger partial charge on any atom is -0.356 e. The van der Waals surface area contributed by atoms with E-state index in [4.69, 9.17) is 5.73 Å². The first-order valence-corrected chi connectivity index (χ1v) is 4.11. The first-order valence-electron chi connectivity index (χ1n) is 4.11. The second-order valence-electron chi connectivity index (χ2n) is 2.95. The summed E-state index contributed by atoms with van der Waals surface area (Å²) in [5.41, 5.74) is 5.37. The van der Waals surface area contributed by atoms with Gasteiger partial charge in [-0.1, -0.05) is 6.92 Å². The van der Waals surface area contributed by atoms with E-state index >= 15 is 0 Å². The lowest BCUT2D eigenvalue weighted by molar-refractivity contribution is -0.118. The summed E-state index contributed by atoms with van der Waals surface area (Å²) in [4.78, 5) is 10.4. The molecule has 3 nitrogen and oxygen atoms in total. The van der Waals surface area contributed by atoms with Crippen molar-refractivity contribution in [3.8, 4) is 0 Å². The molecule has 1 unspecified atom stereocenters. The van der Waals surface area contributed by atoms with Crippen molar-refractivity contribution in [3.05, 3.63) is 0 Å². The molecular weight excluding hydrogens is 140 g/mol. The van der Waals surface area contributed by atoms with Gasteiger partial charge in [0.1, 0.15) is 0 Å². The van der Waals surface area contributed by atoms with Gasteiger partial charge in [-0.3, -0.25) is 4.79 Å². The quantitative estimate of drug-likeness (QED) is 0.612. The van der Waals surface area contributed by atoms with Gasteiger partial charge in [-0.05, 0) is 25.3 Å². The Morgan fingerprint density at radius 1 is 1.55 bits per heavy atom. The predicted octanol–water partition coefficient (Wildman–Crippen LogP) is 0.497. The molecule has 0 aromatic heterocycles. The molecular formula is C8H18N2O. The SMILES string of the molecule is CC(=O)NCCC(C)CCN. The molecule has 0 saturated carbocycles. The Hall–Kier alpha value is -0.570. The van der Waals surface area contributed by atoms with E-state index in [2.05, 4.69) is 12.2 Å². The third-order valence-electron chi connectivity index (χ3n) is 1.67. The lowest BCUT2D eigenvalue weighted by Gasteiger charge is -2.08. The Labute approximate surface area is 68.3 Å². The van der Waals surface area contributed by atoms with Crippen molar-refractivity contribution in [2.75, 3.05) is 13.1 Å². The molecule has 1 amide bonds. The van der Waals surface area contributed by atoms with Crippen molar-refractivity contribution in [1.29, 1.82) is 0 Å². The van der Waals surface area contributed by atoms with Gasteiger partial charge in [0.05, 0.1) is 0 Å². The second kappa shape index (κ2) is 6.16. The van der Waals surface area contributed by atoms with Crippen LogP contribution in [0.4, 0.5) is 0 Å². The Kier molecular flexibility index (Phi) is 5.84. The van der Waals surface area contributed by atoms with Crippen molar-refractivity contribution >= 4 is 5.91 Å². The van der Waals surface area contributed by atoms with E-state index in [1.54, 1.807) is 0 Å². The molecule has 0 fully saturated rings. The normalized spacial score (nSPS) is 12.6. The van der Waals surface area contributed by atoms with Crippen LogP contribution in [0.15, 0.2) is 0 Å². The fourth-order valence-corrected chi connectivity index (χ4v) is 0.923. The van der Waals surface area contributed by atoms with Crippen LogP contribution in [0.3, 0.4) is 0 Å². The Morgan fingerprint density at radius 3 is 2.64 bits per heavy atom. The zero-order chi connectivity index (χ0) is 8.69. The maximum Gasteiger partial charge on any atom is 0.216 e. The monoisotopic (exact) mass is 158 g/mol.